The summed E-state index contributed by atoms with van der Waals surface area (Å²) in [6.45, 7) is 3.02. The standard InChI is InChI=1S/C15H16BrN/c1-2-12-6-5-8-14(10-12)17-11-13-7-3-4-9-15(13)16/h3-10,17H,2,11H2,1H3. The van der Waals surface area contributed by atoms with E-state index in [1.54, 1.807) is 0 Å². The van der Waals surface area contributed by atoms with Crippen LogP contribution in [0.5, 0.6) is 0 Å². The first kappa shape index (κ1) is 12.2. The van der Waals surface area contributed by atoms with Crippen molar-refractivity contribution in [2.24, 2.45) is 0 Å². The molecule has 0 atom stereocenters. The molecule has 0 saturated carbocycles. The molecule has 0 aromatic heterocycles. The minimum absolute atomic E-state index is 0.842. The molecular formula is C15H16BrN. The second-order valence-corrected chi connectivity index (χ2v) is 4.85. The molecule has 88 valence electrons. The number of rotatable bonds is 4. The molecule has 0 fully saturated rings. The first-order chi connectivity index (χ1) is 8.29. The van der Waals surface area contributed by atoms with E-state index in [0.717, 1.165) is 17.4 Å². The normalized spacial score (nSPS) is 10.2. The fourth-order valence-electron chi connectivity index (χ4n) is 1.74. The van der Waals surface area contributed by atoms with Crippen LogP contribution < -0.4 is 5.32 Å². The van der Waals surface area contributed by atoms with Crippen LogP contribution in [0.3, 0.4) is 0 Å². The minimum atomic E-state index is 0.842. The number of nitrogens with one attached hydrogen (secondary N) is 1. The molecule has 0 unspecified atom stereocenters. The van der Waals surface area contributed by atoms with Gasteiger partial charge >= 0.3 is 0 Å². The van der Waals surface area contributed by atoms with E-state index in [2.05, 4.69) is 70.6 Å². The smallest absolute Gasteiger partial charge is 0.0411 e. The van der Waals surface area contributed by atoms with E-state index in [0.29, 0.717) is 0 Å². The van der Waals surface area contributed by atoms with Crippen LogP contribution in [0.2, 0.25) is 0 Å². The predicted octanol–water partition coefficient (Wildman–Crippen LogP) is 4.62. The van der Waals surface area contributed by atoms with Crippen LogP contribution in [0.25, 0.3) is 0 Å². The number of benzene rings is 2. The average molecular weight is 290 g/mol. The lowest BCUT2D eigenvalue weighted by molar-refractivity contribution is 1.11. The summed E-state index contributed by atoms with van der Waals surface area (Å²) in [4.78, 5) is 0. The highest BCUT2D eigenvalue weighted by Gasteiger charge is 1.98. The Kier molecular flexibility index (Phi) is 4.21. The van der Waals surface area contributed by atoms with Gasteiger partial charge in [0.25, 0.3) is 0 Å². The molecule has 0 aliphatic heterocycles. The summed E-state index contributed by atoms with van der Waals surface area (Å²) in [7, 11) is 0. The summed E-state index contributed by atoms with van der Waals surface area (Å²) in [5.74, 6) is 0. The zero-order valence-corrected chi connectivity index (χ0v) is 11.5. The number of anilines is 1. The van der Waals surface area contributed by atoms with Crippen LogP contribution in [0, 0.1) is 0 Å². The van der Waals surface area contributed by atoms with Gasteiger partial charge in [-0.1, -0.05) is 53.2 Å². The quantitative estimate of drug-likeness (QED) is 0.866. The van der Waals surface area contributed by atoms with Gasteiger partial charge in [0.15, 0.2) is 0 Å². The van der Waals surface area contributed by atoms with Gasteiger partial charge in [0.1, 0.15) is 0 Å². The first-order valence-electron chi connectivity index (χ1n) is 5.86. The Hall–Kier alpha value is -1.28. The van der Waals surface area contributed by atoms with Gasteiger partial charge in [-0.15, -0.1) is 0 Å². The van der Waals surface area contributed by atoms with Crippen LogP contribution in [0.1, 0.15) is 18.1 Å². The summed E-state index contributed by atoms with van der Waals surface area (Å²) in [6.07, 6.45) is 1.07. The van der Waals surface area contributed by atoms with Crippen molar-refractivity contribution in [3.8, 4) is 0 Å². The lowest BCUT2D eigenvalue weighted by atomic mass is 10.1. The van der Waals surface area contributed by atoms with E-state index in [-0.39, 0.29) is 0 Å². The third kappa shape index (κ3) is 3.34. The zero-order valence-electron chi connectivity index (χ0n) is 9.91. The van der Waals surface area contributed by atoms with E-state index in [4.69, 9.17) is 0 Å². The summed E-state index contributed by atoms with van der Waals surface area (Å²) >= 11 is 3.56. The SMILES string of the molecule is CCc1cccc(NCc2ccccc2Br)c1. The van der Waals surface area contributed by atoms with Crippen molar-refractivity contribution in [3.63, 3.8) is 0 Å². The van der Waals surface area contributed by atoms with Gasteiger partial charge in [-0.2, -0.15) is 0 Å². The summed E-state index contributed by atoms with van der Waals surface area (Å²) in [5.41, 5.74) is 3.82. The molecule has 1 N–H and O–H groups in total. The van der Waals surface area contributed by atoms with Crippen molar-refractivity contribution in [1.29, 1.82) is 0 Å². The van der Waals surface area contributed by atoms with Gasteiger partial charge in [-0.25, -0.2) is 0 Å². The molecule has 2 aromatic rings. The molecule has 2 rings (SSSR count). The Balaban J connectivity index is 2.05. The number of halogens is 1. The molecule has 0 saturated heterocycles. The molecule has 0 bridgehead atoms. The van der Waals surface area contributed by atoms with Crippen molar-refractivity contribution in [3.05, 3.63) is 64.1 Å². The van der Waals surface area contributed by atoms with Gasteiger partial charge in [0, 0.05) is 16.7 Å². The van der Waals surface area contributed by atoms with Gasteiger partial charge in [0.2, 0.25) is 0 Å². The maximum absolute atomic E-state index is 3.56. The molecule has 2 heteroatoms. The predicted molar refractivity (Wildman–Crippen MR) is 77.3 cm³/mol. The van der Waals surface area contributed by atoms with E-state index < -0.39 is 0 Å². The lowest BCUT2D eigenvalue weighted by Gasteiger charge is -2.09. The monoisotopic (exact) mass is 289 g/mol. The molecule has 0 aliphatic carbocycles. The van der Waals surface area contributed by atoms with Gasteiger partial charge in [0.05, 0.1) is 0 Å². The minimum Gasteiger partial charge on any atom is -0.381 e. The Morgan fingerprint density at radius 3 is 2.65 bits per heavy atom. The van der Waals surface area contributed by atoms with E-state index in [1.165, 1.54) is 16.8 Å². The van der Waals surface area contributed by atoms with E-state index in [1.807, 2.05) is 6.07 Å². The molecule has 0 spiro atoms. The Labute approximate surface area is 111 Å². The number of aryl methyl sites for hydroxylation is 1. The summed E-state index contributed by atoms with van der Waals surface area (Å²) < 4.78 is 1.15. The molecule has 0 amide bonds. The fraction of sp³-hybridized carbons (Fsp3) is 0.200. The van der Waals surface area contributed by atoms with Gasteiger partial charge < -0.3 is 5.32 Å². The number of hydrogen-bond donors (Lipinski definition) is 1. The van der Waals surface area contributed by atoms with Crippen molar-refractivity contribution >= 4 is 21.6 Å². The van der Waals surface area contributed by atoms with E-state index in [9.17, 15) is 0 Å². The van der Waals surface area contributed by atoms with Crippen molar-refractivity contribution < 1.29 is 0 Å². The van der Waals surface area contributed by atoms with Crippen LogP contribution in [-0.2, 0) is 13.0 Å². The highest BCUT2D eigenvalue weighted by Crippen LogP contribution is 2.18. The van der Waals surface area contributed by atoms with E-state index >= 15 is 0 Å². The Bertz CT molecular complexity index is 494. The third-order valence-electron chi connectivity index (χ3n) is 2.78. The molecule has 0 aliphatic rings. The lowest BCUT2D eigenvalue weighted by Crippen LogP contribution is -2.00. The molecular weight excluding hydrogens is 274 g/mol. The van der Waals surface area contributed by atoms with Gasteiger partial charge in [-0.05, 0) is 35.7 Å². The topological polar surface area (TPSA) is 12.0 Å². The second-order valence-electron chi connectivity index (χ2n) is 4.00. The number of hydrogen-bond acceptors (Lipinski definition) is 1. The second kappa shape index (κ2) is 5.87. The third-order valence-corrected chi connectivity index (χ3v) is 3.55. The van der Waals surface area contributed by atoms with Crippen LogP contribution in [0.4, 0.5) is 5.69 Å². The summed E-state index contributed by atoms with van der Waals surface area (Å²) in [5, 5.41) is 3.45. The zero-order chi connectivity index (χ0) is 12.1. The van der Waals surface area contributed by atoms with Crippen LogP contribution in [-0.4, -0.2) is 0 Å². The molecule has 1 nitrogen and oxygen atoms in total. The van der Waals surface area contributed by atoms with Crippen molar-refractivity contribution in [1.82, 2.24) is 0 Å². The largest absolute Gasteiger partial charge is 0.381 e. The van der Waals surface area contributed by atoms with Crippen molar-refractivity contribution in [2.75, 3.05) is 5.32 Å². The Morgan fingerprint density at radius 2 is 1.88 bits per heavy atom. The Morgan fingerprint density at radius 1 is 1.06 bits per heavy atom. The summed E-state index contributed by atoms with van der Waals surface area (Å²) in [6, 6.07) is 16.9. The average Bonchev–Trinajstić information content (AvgIpc) is 2.38. The van der Waals surface area contributed by atoms with Crippen LogP contribution in [0.15, 0.2) is 53.0 Å². The first-order valence-corrected chi connectivity index (χ1v) is 6.65. The highest BCUT2D eigenvalue weighted by atomic mass is 79.9. The maximum atomic E-state index is 3.56. The van der Waals surface area contributed by atoms with Crippen molar-refractivity contribution in [2.45, 2.75) is 19.9 Å². The van der Waals surface area contributed by atoms with Gasteiger partial charge in [-0.3, -0.25) is 0 Å². The maximum Gasteiger partial charge on any atom is 0.0411 e. The molecule has 17 heavy (non-hydrogen) atoms. The molecule has 0 radical (unpaired) electrons. The fourth-order valence-corrected chi connectivity index (χ4v) is 2.17. The molecule has 2 aromatic carbocycles. The highest BCUT2D eigenvalue weighted by molar-refractivity contribution is 9.10. The van der Waals surface area contributed by atoms with Crippen LogP contribution >= 0.6 is 15.9 Å². The molecule has 0 heterocycles.